The molecule has 3 unspecified atom stereocenters. The summed E-state index contributed by atoms with van der Waals surface area (Å²) in [7, 11) is 2.36. The number of quaternary nitrogens is 1. The highest BCUT2D eigenvalue weighted by atomic mass is 35.5. The van der Waals surface area contributed by atoms with Gasteiger partial charge in [0.25, 0.3) is 0 Å². The van der Waals surface area contributed by atoms with E-state index in [1.165, 1.54) is 29.5 Å². The second-order valence-corrected chi connectivity index (χ2v) is 7.64. The molecule has 0 fully saturated rings. The molecule has 2 aromatic rings. The molecule has 24 heavy (non-hydrogen) atoms. The summed E-state index contributed by atoms with van der Waals surface area (Å²) < 4.78 is 0. The number of fused-ring (bicyclic) bond motifs is 1. The van der Waals surface area contributed by atoms with Crippen LogP contribution in [0.15, 0.2) is 36.4 Å². The Morgan fingerprint density at radius 2 is 1.71 bits per heavy atom. The maximum atomic E-state index is 6.00. The highest BCUT2D eigenvalue weighted by Gasteiger charge is 2.33. The topological polar surface area (TPSA) is 4.44 Å². The standard InChI is InChI=1S/C21H26ClN.ClH/c1-14-11-18-13-16(3)23(4)21(20(18)12-15(14)2)10-7-17-5-8-19(22)9-6-17;/h5-6,8-9,11-12,16,21H,7,10,13H2,1-4H3;1H. The molecule has 0 radical (unpaired) electrons. The van der Waals surface area contributed by atoms with Crippen molar-refractivity contribution in [3.8, 4) is 0 Å². The van der Waals surface area contributed by atoms with Crippen LogP contribution in [0.5, 0.6) is 0 Å². The number of nitrogens with one attached hydrogen (secondary N) is 1. The molecular weight excluding hydrogens is 337 g/mol. The second kappa shape index (κ2) is 7.91. The van der Waals surface area contributed by atoms with Crippen molar-refractivity contribution in [1.82, 2.24) is 0 Å². The molecular formula is C21H27Cl2N. The van der Waals surface area contributed by atoms with Crippen LogP contribution in [0, 0.1) is 13.8 Å². The minimum Gasteiger partial charge on any atom is -1.00 e. The van der Waals surface area contributed by atoms with Gasteiger partial charge in [0.05, 0.1) is 13.1 Å². The molecule has 2 aromatic carbocycles. The zero-order valence-corrected chi connectivity index (χ0v) is 16.5. The van der Waals surface area contributed by atoms with Crippen molar-refractivity contribution in [2.45, 2.75) is 52.1 Å². The van der Waals surface area contributed by atoms with E-state index in [9.17, 15) is 0 Å². The quantitative estimate of drug-likeness (QED) is 0.832. The summed E-state index contributed by atoms with van der Waals surface area (Å²) in [5, 5.41) is 0.819. The Balaban J connectivity index is 0.00000208. The van der Waals surface area contributed by atoms with Crippen molar-refractivity contribution >= 4 is 11.6 Å². The Bertz CT molecular complexity index is 694. The lowest BCUT2D eigenvalue weighted by Crippen LogP contribution is -3.14. The van der Waals surface area contributed by atoms with E-state index in [1.807, 2.05) is 12.1 Å². The number of aryl methyl sites for hydroxylation is 3. The molecule has 0 aromatic heterocycles. The van der Waals surface area contributed by atoms with Gasteiger partial charge in [-0.25, -0.2) is 0 Å². The van der Waals surface area contributed by atoms with Crippen molar-refractivity contribution in [2.24, 2.45) is 0 Å². The third-order valence-electron chi connectivity index (χ3n) is 5.62. The predicted octanol–water partition coefficient (Wildman–Crippen LogP) is 1.09. The summed E-state index contributed by atoms with van der Waals surface area (Å²) in [6.45, 7) is 6.84. The largest absolute Gasteiger partial charge is 1.00 e. The van der Waals surface area contributed by atoms with Crippen molar-refractivity contribution in [2.75, 3.05) is 7.05 Å². The Kier molecular flexibility index (Phi) is 6.36. The predicted molar refractivity (Wildman–Crippen MR) is 98.5 cm³/mol. The molecule has 1 aliphatic heterocycles. The van der Waals surface area contributed by atoms with Gasteiger partial charge in [-0.15, -0.1) is 0 Å². The highest BCUT2D eigenvalue weighted by Crippen LogP contribution is 2.28. The fraction of sp³-hybridized carbons (Fsp3) is 0.429. The first kappa shape index (κ1) is 19.3. The lowest BCUT2D eigenvalue weighted by molar-refractivity contribution is -0.938. The van der Waals surface area contributed by atoms with E-state index in [0.29, 0.717) is 12.1 Å². The minimum absolute atomic E-state index is 0. The molecule has 3 atom stereocenters. The molecule has 1 nitrogen and oxygen atoms in total. The van der Waals surface area contributed by atoms with Crippen LogP contribution in [0.2, 0.25) is 5.02 Å². The Labute approximate surface area is 157 Å². The van der Waals surface area contributed by atoms with Crippen molar-refractivity contribution < 1.29 is 17.3 Å². The second-order valence-electron chi connectivity index (χ2n) is 7.20. The molecule has 3 heteroatoms. The molecule has 130 valence electrons. The maximum absolute atomic E-state index is 6.00. The van der Waals surface area contributed by atoms with Crippen LogP contribution in [-0.2, 0) is 12.8 Å². The summed E-state index contributed by atoms with van der Waals surface area (Å²) >= 11 is 6.00. The van der Waals surface area contributed by atoms with E-state index in [2.05, 4.69) is 52.1 Å². The molecule has 0 aliphatic carbocycles. The lowest BCUT2D eigenvalue weighted by atomic mass is 9.84. The maximum Gasteiger partial charge on any atom is 0.114 e. The fourth-order valence-corrected chi connectivity index (χ4v) is 3.95. The molecule has 0 saturated heterocycles. The molecule has 0 amide bonds. The van der Waals surface area contributed by atoms with Gasteiger partial charge in [-0.05, 0) is 67.6 Å². The number of halogens is 2. The zero-order chi connectivity index (χ0) is 16.6. The molecule has 0 saturated carbocycles. The first-order valence-corrected chi connectivity index (χ1v) is 9.01. The highest BCUT2D eigenvalue weighted by molar-refractivity contribution is 6.30. The van der Waals surface area contributed by atoms with Gasteiger partial charge in [0.15, 0.2) is 0 Å². The SMILES string of the molecule is Cc1cc2c(cc1C)C(CCc1ccc(Cl)cc1)[NH+](C)C(C)C2.[Cl-]. The van der Waals surface area contributed by atoms with E-state index in [1.54, 1.807) is 16.0 Å². The average Bonchev–Trinajstić information content (AvgIpc) is 2.52. The summed E-state index contributed by atoms with van der Waals surface area (Å²) in [4.78, 5) is 1.65. The first-order chi connectivity index (χ1) is 11.0. The summed E-state index contributed by atoms with van der Waals surface area (Å²) in [5.41, 5.74) is 7.35. The molecule has 3 rings (SSSR count). The van der Waals surface area contributed by atoms with Crippen LogP contribution < -0.4 is 17.3 Å². The van der Waals surface area contributed by atoms with Crippen molar-refractivity contribution in [1.29, 1.82) is 0 Å². The smallest absolute Gasteiger partial charge is 0.114 e. The summed E-state index contributed by atoms with van der Waals surface area (Å²) in [5.74, 6) is 0. The average molecular weight is 364 g/mol. The number of likely N-dealkylation sites (N-methyl/N-ethyl adjacent to an activating group) is 1. The van der Waals surface area contributed by atoms with E-state index in [0.717, 1.165) is 11.4 Å². The van der Waals surface area contributed by atoms with Crippen LogP contribution in [-0.4, -0.2) is 13.1 Å². The van der Waals surface area contributed by atoms with E-state index < -0.39 is 0 Å². The third-order valence-corrected chi connectivity index (χ3v) is 5.87. The van der Waals surface area contributed by atoms with Gasteiger partial charge < -0.3 is 17.3 Å². The van der Waals surface area contributed by atoms with Crippen LogP contribution >= 0.6 is 11.6 Å². The Morgan fingerprint density at radius 3 is 2.38 bits per heavy atom. The molecule has 0 spiro atoms. The molecule has 1 aliphatic rings. The van der Waals surface area contributed by atoms with Crippen LogP contribution in [0.3, 0.4) is 0 Å². The molecule has 0 bridgehead atoms. The van der Waals surface area contributed by atoms with Crippen molar-refractivity contribution in [3.63, 3.8) is 0 Å². The fourth-order valence-electron chi connectivity index (χ4n) is 3.82. The number of hydrogen-bond acceptors (Lipinski definition) is 0. The normalized spacial score (nSPS) is 22.6. The number of rotatable bonds is 3. The molecule has 1 heterocycles. The monoisotopic (exact) mass is 363 g/mol. The Hall–Kier alpha value is -1.02. The van der Waals surface area contributed by atoms with Gasteiger partial charge in [-0.2, -0.15) is 0 Å². The summed E-state index contributed by atoms with van der Waals surface area (Å²) in [6.07, 6.45) is 3.49. The van der Waals surface area contributed by atoms with Gasteiger partial charge in [0.2, 0.25) is 0 Å². The third kappa shape index (κ3) is 3.96. The minimum atomic E-state index is 0. The van der Waals surface area contributed by atoms with E-state index in [-0.39, 0.29) is 12.4 Å². The van der Waals surface area contributed by atoms with Gasteiger partial charge in [-0.1, -0.05) is 29.8 Å². The number of hydrogen-bond donors (Lipinski definition) is 1. The van der Waals surface area contributed by atoms with Crippen molar-refractivity contribution in [3.05, 3.63) is 69.2 Å². The van der Waals surface area contributed by atoms with E-state index in [4.69, 9.17) is 11.6 Å². The van der Waals surface area contributed by atoms with Gasteiger partial charge in [-0.3, -0.25) is 0 Å². The van der Waals surface area contributed by atoms with Gasteiger partial charge in [0.1, 0.15) is 6.04 Å². The first-order valence-electron chi connectivity index (χ1n) is 8.63. The van der Waals surface area contributed by atoms with Crippen LogP contribution in [0.4, 0.5) is 0 Å². The van der Waals surface area contributed by atoms with Crippen LogP contribution in [0.25, 0.3) is 0 Å². The van der Waals surface area contributed by atoms with E-state index >= 15 is 0 Å². The van der Waals surface area contributed by atoms with Gasteiger partial charge in [0, 0.05) is 23.4 Å². The zero-order valence-electron chi connectivity index (χ0n) is 15.0. The Morgan fingerprint density at radius 1 is 1.08 bits per heavy atom. The van der Waals surface area contributed by atoms with Crippen LogP contribution in [0.1, 0.15) is 47.2 Å². The lowest BCUT2D eigenvalue weighted by Gasteiger charge is -2.37. The summed E-state index contributed by atoms with van der Waals surface area (Å²) in [6, 6.07) is 14.4. The molecule has 1 N–H and O–H groups in total. The van der Waals surface area contributed by atoms with Gasteiger partial charge >= 0.3 is 0 Å². The number of benzene rings is 2.